The Labute approximate surface area is 120 Å². The quantitative estimate of drug-likeness (QED) is 0.915. The van der Waals surface area contributed by atoms with Gasteiger partial charge in [-0.25, -0.2) is 0 Å². The molecule has 3 heteroatoms. The Kier molecular flexibility index (Phi) is 4.06. The van der Waals surface area contributed by atoms with Gasteiger partial charge in [-0.3, -0.25) is 4.79 Å². The van der Waals surface area contributed by atoms with E-state index in [-0.39, 0.29) is 18.4 Å². The van der Waals surface area contributed by atoms with Crippen molar-refractivity contribution in [2.24, 2.45) is 0 Å². The zero-order valence-electron chi connectivity index (χ0n) is 11.9. The number of aliphatic hydroxyl groups is 1. The number of amides is 1. The summed E-state index contributed by atoms with van der Waals surface area (Å²) in [5.74, 6) is 0.239. The van der Waals surface area contributed by atoms with Gasteiger partial charge in [0, 0.05) is 12.6 Å². The van der Waals surface area contributed by atoms with Crippen LogP contribution in [0.5, 0.6) is 0 Å². The Balaban J connectivity index is 1.82. The van der Waals surface area contributed by atoms with Gasteiger partial charge in [0.2, 0.25) is 5.91 Å². The van der Waals surface area contributed by atoms with Gasteiger partial charge in [-0.05, 0) is 49.7 Å². The minimum atomic E-state index is 0.00657. The molecule has 1 aromatic carbocycles. The standard InChI is InChI=1S/C17H23NO2/c19-12-11-18(14-7-4-8-14)17(20)16-10-3-6-13-5-1-2-9-15(13)16/h1-2,5,9,14,16,19H,3-4,6-8,10-12H2. The van der Waals surface area contributed by atoms with Crippen LogP contribution in [0.2, 0.25) is 0 Å². The molecule has 0 saturated heterocycles. The fourth-order valence-corrected chi connectivity index (χ4v) is 3.49. The molecule has 0 bridgehead atoms. The van der Waals surface area contributed by atoms with Gasteiger partial charge in [-0.2, -0.15) is 0 Å². The highest BCUT2D eigenvalue weighted by atomic mass is 16.3. The highest BCUT2D eigenvalue weighted by Gasteiger charge is 2.34. The lowest BCUT2D eigenvalue weighted by Gasteiger charge is -2.40. The molecule has 2 aliphatic rings. The summed E-state index contributed by atoms with van der Waals surface area (Å²) in [6, 6.07) is 8.71. The second-order valence-corrected chi connectivity index (χ2v) is 5.98. The Bertz CT molecular complexity index is 482. The molecule has 2 aliphatic carbocycles. The highest BCUT2D eigenvalue weighted by Crippen LogP contribution is 2.35. The first-order valence-corrected chi connectivity index (χ1v) is 7.80. The summed E-state index contributed by atoms with van der Waals surface area (Å²) in [6.45, 7) is 0.554. The minimum Gasteiger partial charge on any atom is -0.395 e. The zero-order valence-corrected chi connectivity index (χ0v) is 11.9. The van der Waals surface area contributed by atoms with E-state index in [2.05, 4.69) is 18.2 Å². The first-order valence-electron chi connectivity index (χ1n) is 7.80. The molecule has 1 unspecified atom stereocenters. The molecule has 1 fully saturated rings. The van der Waals surface area contributed by atoms with Crippen molar-refractivity contribution in [3.8, 4) is 0 Å². The number of benzene rings is 1. The van der Waals surface area contributed by atoms with Crippen LogP contribution in [0.1, 0.15) is 49.1 Å². The predicted octanol–water partition coefficient (Wildman–Crippen LogP) is 2.48. The first-order chi connectivity index (χ1) is 9.81. The van der Waals surface area contributed by atoms with E-state index in [0.29, 0.717) is 12.6 Å². The van der Waals surface area contributed by atoms with Crippen molar-refractivity contribution in [1.82, 2.24) is 4.90 Å². The second-order valence-electron chi connectivity index (χ2n) is 5.98. The van der Waals surface area contributed by atoms with Crippen molar-refractivity contribution < 1.29 is 9.90 Å². The van der Waals surface area contributed by atoms with Crippen molar-refractivity contribution in [1.29, 1.82) is 0 Å². The van der Waals surface area contributed by atoms with Gasteiger partial charge in [0.25, 0.3) is 0 Å². The summed E-state index contributed by atoms with van der Waals surface area (Å²) in [5, 5.41) is 9.25. The van der Waals surface area contributed by atoms with Crippen LogP contribution in [0.4, 0.5) is 0 Å². The molecule has 1 saturated carbocycles. The van der Waals surface area contributed by atoms with Gasteiger partial charge in [0.1, 0.15) is 0 Å². The van der Waals surface area contributed by atoms with Crippen LogP contribution in [0, 0.1) is 0 Å². The molecule has 20 heavy (non-hydrogen) atoms. The molecule has 0 aliphatic heterocycles. The molecule has 0 aromatic heterocycles. The summed E-state index contributed by atoms with van der Waals surface area (Å²) in [6.07, 6.45) is 6.53. The predicted molar refractivity (Wildman–Crippen MR) is 78.6 cm³/mol. The molecular formula is C17H23NO2. The van der Waals surface area contributed by atoms with Crippen LogP contribution < -0.4 is 0 Å². The van der Waals surface area contributed by atoms with E-state index in [1.54, 1.807) is 0 Å². The molecule has 1 amide bonds. The monoisotopic (exact) mass is 273 g/mol. The summed E-state index contributed by atoms with van der Waals surface area (Å²) >= 11 is 0. The normalized spacial score (nSPS) is 21.9. The number of hydrogen-bond acceptors (Lipinski definition) is 2. The van der Waals surface area contributed by atoms with Gasteiger partial charge in [-0.1, -0.05) is 24.3 Å². The molecular weight excluding hydrogens is 250 g/mol. The van der Waals surface area contributed by atoms with Crippen LogP contribution in [0.25, 0.3) is 0 Å². The van der Waals surface area contributed by atoms with Crippen LogP contribution in [-0.4, -0.2) is 35.1 Å². The fraction of sp³-hybridized carbons (Fsp3) is 0.588. The largest absolute Gasteiger partial charge is 0.395 e. The average molecular weight is 273 g/mol. The fourth-order valence-electron chi connectivity index (χ4n) is 3.49. The maximum Gasteiger partial charge on any atom is 0.230 e. The van der Waals surface area contributed by atoms with Crippen LogP contribution in [0.3, 0.4) is 0 Å². The van der Waals surface area contributed by atoms with E-state index < -0.39 is 0 Å². The third-order valence-electron chi connectivity index (χ3n) is 4.81. The van der Waals surface area contributed by atoms with Crippen molar-refractivity contribution in [3.63, 3.8) is 0 Å². The topological polar surface area (TPSA) is 40.5 Å². The Morgan fingerprint density at radius 2 is 2.00 bits per heavy atom. The molecule has 0 heterocycles. The number of aryl methyl sites for hydroxylation is 1. The maximum absolute atomic E-state index is 12.9. The molecule has 0 radical (unpaired) electrons. The van der Waals surface area contributed by atoms with Gasteiger partial charge >= 0.3 is 0 Å². The highest BCUT2D eigenvalue weighted by molar-refractivity contribution is 5.84. The molecule has 1 aromatic rings. The number of nitrogens with zero attached hydrogens (tertiary/aromatic N) is 1. The van der Waals surface area contributed by atoms with E-state index in [1.807, 2.05) is 11.0 Å². The maximum atomic E-state index is 12.9. The lowest BCUT2D eigenvalue weighted by atomic mass is 9.81. The average Bonchev–Trinajstić information content (AvgIpc) is 2.43. The Hall–Kier alpha value is -1.35. The number of carbonyl (C=O) groups excluding carboxylic acids is 1. The molecule has 1 N–H and O–H groups in total. The molecule has 1 atom stereocenters. The van der Waals surface area contributed by atoms with Crippen molar-refractivity contribution in [2.45, 2.75) is 50.5 Å². The Morgan fingerprint density at radius 3 is 2.70 bits per heavy atom. The second kappa shape index (κ2) is 5.96. The van der Waals surface area contributed by atoms with E-state index >= 15 is 0 Å². The van der Waals surface area contributed by atoms with Crippen LogP contribution in [-0.2, 0) is 11.2 Å². The zero-order chi connectivity index (χ0) is 13.9. The lowest BCUT2D eigenvalue weighted by molar-refractivity contribution is -0.138. The summed E-state index contributed by atoms with van der Waals surface area (Å²) in [4.78, 5) is 14.8. The third-order valence-corrected chi connectivity index (χ3v) is 4.81. The lowest BCUT2D eigenvalue weighted by Crippen LogP contribution is -2.48. The smallest absolute Gasteiger partial charge is 0.230 e. The summed E-state index contributed by atoms with van der Waals surface area (Å²) in [5.41, 5.74) is 2.54. The number of aliphatic hydroxyl groups excluding tert-OH is 1. The van der Waals surface area contributed by atoms with E-state index in [9.17, 15) is 9.90 Å². The van der Waals surface area contributed by atoms with Crippen LogP contribution in [0.15, 0.2) is 24.3 Å². The van der Waals surface area contributed by atoms with E-state index in [1.165, 1.54) is 17.5 Å². The van der Waals surface area contributed by atoms with Crippen molar-refractivity contribution in [3.05, 3.63) is 35.4 Å². The SMILES string of the molecule is O=C(C1CCCc2ccccc21)N(CCO)C1CCC1. The Morgan fingerprint density at radius 1 is 1.20 bits per heavy atom. The number of carbonyl (C=O) groups is 1. The molecule has 3 nitrogen and oxygen atoms in total. The van der Waals surface area contributed by atoms with Gasteiger partial charge in [-0.15, -0.1) is 0 Å². The molecule has 0 spiro atoms. The van der Waals surface area contributed by atoms with E-state index in [0.717, 1.165) is 32.1 Å². The molecule has 108 valence electrons. The molecule has 3 rings (SSSR count). The summed E-state index contributed by atoms with van der Waals surface area (Å²) in [7, 11) is 0. The van der Waals surface area contributed by atoms with Gasteiger partial charge < -0.3 is 10.0 Å². The first kappa shape index (κ1) is 13.6. The van der Waals surface area contributed by atoms with E-state index in [4.69, 9.17) is 0 Å². The van der Waals surface area contributed by atoms with Gasteiger partial charge in [0.15, 0.2) is 0 Å². The van der Waals surface area contributed by atoms with Gasteiger partial charge in [0.05, 0.1) is 12.5 Å². The minimum absolute atomic E-state index is 0.00657. The number of hydrogen-bond donors (Lipinski definition) is 1. The summed E-state index contributed by atoms with van der Waals surface area (Å²) < 4.78 is 0. The van der Waals surface area contributed by atoms with Crippen molar-refractivity contribution in [2.75, 3.05) is 13.2 Å². The third kappa shape index (κ3) is 2.47. The van der Waals surface area contributed by atoms with Crippen LogP contribution >= 0.6 is 0 Å². The van der Waals surface area contributed by atoms with Crippen molar-refractivity contribution >= 4 is 5.91 Å². The number of rotatable bonds is 4. The number of fused-ring (bicyclic) bond motifs is 1.